The quantitative estimate of drug-likeness (QED) is 0.648. The van der Waals surface area contributed by atoms with Crippen molar-refractivity contribution >= 4 is 0 Å². The van der Waals surface area contributed by atoms with Gasteiger partial charge in [-0.25, -0.2) is 0 Å². The van der Waals surface area contributed by atoms with Crippen LogP contribution in [0.15, 0.2) is 11.6 Å². The SMILES string of the molecule is CC(C)=CCCC(C)CC(C)(C)O. The zero-order valence-corrected chi connectivity index (χ0v) is 9.72. The molecule has 1 heteroatoms. The third-order valence-corrected chi connectivity index (χ3v) is 2.06. The van der Waals surface area contributed by atoms with Crippen molar-refractivity contribution in [3.8, 4) is 0 Å². The van der Waals surface area contributed by atoms with Gasteiger partial charge in [-0.3, -0.25) is 0 Å². The summed E-state index contributed by atoms with van der Waals surface area (Å²) in [6.07, 6.45) is 5.47. The van der Waals surface area contributed by atoms with Gasteiger partial charge in [-0.2, -0.15) is 0 Å². The van der Waals surface area contributed by atoms with Crippen LogP contribution in [-0.2, 0) is 0 Å². The summed E-state index contributed by atoms with van der Waals surface area (Å²) in [6.45, 7) is 10.2. The largest absolute Gasteiger partial charge is 0.390 e. The number of rotatable bonds is 5. The average molecular weight is 184 g/mol. The molecule has 0 amide bonds. The van der Waals surface area contributed by atoms with Crippen LogP contribution in [0.4, 0.5) is 0 Å². The van der Waals surface area contributed by atoms with Crippen molar-refractivity contribution in [3.63, 3.8) is 0 Å². The van der Waals surface area contributed by atoms with Gasteiger partial charge in [0.25, 0.3) is 0 Å². The fourth-order valence-corrected chi connectivity index (χ4v) is 1.61. The van der Waals surface area contributed by atoms with Crippen LogP contribution in [0.3, 0.4) is 0 Å². The summed E-state index contributed by atoms with van der Waals surface area (Å²) in [6, 6.07) is 0. The second-order valence-corrected chi connectivity index (χ2v) is 4.98. The lowest BCUT2D eigenvalue weighted by Crippen LogP contribution is -2.21. The van der Waals surface area contributed by atoms with Crippen molar-refractivity contribution < 1.29 is 5.11 Å². The molecule has 0 aliphatic rings. The Balaban J connectivity index is 3.64. The Hall–Kier alpha value is -0.300. The normalized spacial score (nSPS) is 14.0. The Morgan fingerprint density at radius 2 is 1.92 bits per heavy atom. The van der Waals surface area contributed by atoms with Gasteiger partial charge in [0.2, 0.25) is 0 Å². The Kier molecular flexibility index (Phi) is 5.31. The predicted molar refractivity (Wildman–Crippen MR) is 58.7 cm³/mol. The molecule has 0 rings (SSSR count). The Labute approximate surface area is 82.9 Å². The lowest BCUT2D eigenvalue weighted by molar-refractivity contribution is 0.0541. The molecular weight excluding hydrogens is 160 g/mol. The molecule has 0 spiro atoms. The van der Waals surface area contributed by atoms with E-state index in [1.54, 1.807) is 0 Å². The molecule has 0 saturated carbocycles. The maximum Gasteiger partial charge on any atom is 0.0594 e. The highest BCUT2D eigenvalue weighted by molar-refractivity contribution is 4.92. The molecule has 0 fully saturated rings. The molecule has 0 aromatic rings. The van der Waals surface area contributed by atoms with Gasteiger partial charge in [-0.1, -0.05) is 18.6 Å². The molecule has 1 unspecified atom stereocenters. The van der Waals surface area contributed by atoms with E-state index in [0.717, 1.165) is 12.8 Å². The molecule has 0 saturated heterocycles. The average Bonchev–Trinajstić information content (AvgIpc) is 1.81. The van der Waals surface area contributed by atoms with E-state index in [9.17, 15) is 5.11 Å². The van der Waals surface area contributed by atoms with E-state index in [0.29, 0.717) is 5.92 Å². The van der Waals surface area contributed by atoms with E-state index in [-0.39, 0.29) is 0 Å². The fraction of sp³-hybridized carbons (Fsp3) is 0.833. The maximum atomic E-state index is 9.58. The van der Waals surface area contributed by atoms with E-state index in [1.807, 2.05) is 13.8 Å². The minimum atomic E-state index is -0.510. The van der Waals surface area contributed by atoms with E-state index >= 15 is 0 Å². The van der Waals surface area contributed by atoms with Crippen LogP contribution < -0.4 is 0 Å². The van der Waals surface area contributed by atoms with Crippen molar-refractivity contribution in [2.75, 3.05) is 0 Å². The first kappa shape index (κ1) is 12.7. The van der Waals surface area contributed by atoms with Crippen LogP contribution in [0, 0.1) is 5.92 Å². The third kappa shape index (κ3) is 9.62. The van der Waals surface area contributed by atoms with Crippen LogP contribution in [0.2, 0.25) is 0 Å². The van der Waals surface area contributed by atoms with Gasteiger partial charge in [-0.05, 0) is 52.9 Å². The Morgan fingerprint density at radius 1 is 1.38 bits per heavy atom. The topological polar surface area (TPSA) is 20.2 Å². The summed E-state index contributed by atoms with van der Waals surface area (Å²) in [5.41, 5.74) is 0.875. The van der Waals surface area contributed by atoms with E-state index in [4.69, 9.17) is 0 Å². The zero-order chi connectivity index (χ0) is 10.5. The first-order chi connectivity index (χ1) is 5.81. The Bertz CT molecular complexity index is 158. The first-order valence-electron chi connectivity index (χ1n) is 5.17. The second kappa shape index (κ2) is 5.43. The molecule has 0 aromatic heterocycles. The summed E-state index contributed by atoms with van der Waals surface area (Å²) in [5, 5.41) is 9.58. The molecule has 0 aliphatic heterocycles. The van der Waals surface area contributed by atoms with Crippen molar-refractivity contribution in [1.29, 1.82) is 0 Å². The van der Waals surface area contributed by atoms with Crippen LogP contribution in [0.1, 0.15) is 53.9 Å². The van der Waals surface area contributed by atoms with Crippen molar-refractivity contribution in [1.82, 2.24) is 0 Å². The standard InChI is InChI=1S/C12H24O/c1-10(2)7-6-8-11(3)9-12(4,5)13/h7,11,13H,6,8-9H2,1-5H3. The lowest BCUT2D eigenvalue weighted by Gasteiger charge is -2.21. The molecule has 1 nitrogen and oxygen atoms in total. The molecule has 0 aliphatic carbocycles. The smallest absolute Gasteiger partial charge is 0.0594 e. The number of allylic oxidation sites excluding steroid dienone is 2. The molecular formula is C12H24O. The molecule has 0 heterocycles. The van der Waals surface area contributed by atoms with Crippen LogP contribution in [0.25, 0.3) is 0 Å². The molecule has 0 radical (unpaired) electrons. The van der Waals surface area contributed by atoms with Crippen LogP contribution >= 0.6 is 0 Å². The summed E-state index contributed by atoms with van der Waals surface area (Å²) >= 11 is 0. The second-order valence-electron chi connectivity index (χ2n) is 4.98. The van der Waals surface area contributed by atoms with Gasteiger partial charge in [0.05, 0.1) is 5.60 Å². The molecule has 78 valence electrons. The van der Waals surface area contributed by atoms with Crippen molar-refractivity contribution in [2.45, 2.75) is 59.5 Å². The van der Waals surface area contributed by atoms with E-state index in [1.165, 1.54) is 12.0 Å². The highest BCUT2D eigenvalue weighted by atomic mass is 16.3. The van der Waals surface area contributed by atoms with Gasteiger partial charge in [0.1, 0.15) is 0 Å². The molecule has 1 N–H and O–H groups in total. The third-order valence-electron chi connectivity index (χ3n) is 2.06. The highest BCUT2D eigenvalue weighted by Gasteiger charge is 2.16. The van der Waals surface area contributed by atoms with Crippen molar-refractivity contribution in [2.24, 2.45) is 5.92 Å². The van der Waals surface area contributed by atoms with Gasteiger partial charge < -0.3 is 5.11 Å². The first-order valence-corrected chi connectivity index (χ1v) is 5.17. The zero-order valence-electron chi connectivity index (χ0n) is 9.72. The highest BCUT2D eigenvalue weighted by Crippen LogP contribution is 2.19. The van der Waals surface area contributed by atoms with E-state index < -0.39 is 5.60 Å². The number of hydrogen-bond acceptors (Lipinski definition) is 1. The minimum Gasteiger partial charge on any atom is -0.390 e. The van der Waals surface area contributed by atoms with Gasteiger partial charge in [-0.15, -0.1) is 0 Å². The fourth-order valence-electron chi connectivity index (χ4n) is 1.61. The summed E-state index contributed by atoms with van der Waals surface area (Å²) in [7, 11) is 0. The summed E-state index contributed by atoms with van der Waals surface area (Å²) in [5.74, 6) is 0.607. The minimum absolute atomic E-state index is 0.510. The Morgan fingerprint density at radius 3 is 2.31 bits per heavy atom. The number of aliphatic hydroxyl groups is 1. The summed E-state index contributed by atoms with van der Waals surface area (Å²) < 4.78 is 0. The molecule has 13 heavy (non-hydrogen) atoms. The monoisotopic (exact) mass is 184 g/mol. The molecule has 1 atom stereocenters. The van der Waals surface area contributed by atoms with Crippen LogP contribution in [0.5, 0.6) is 0 Å². The van der Waals surface area contributed by atoms with Crippen molar-refractivity contribution in [3.05, 3.63) is 11.6 Å². The van der Waals surface area contributed by atoms with E-state index in [2.05, 4.69) is 26.8 Å². The molecule has 0 bridgehead atoms. The van der Waals surface area contributed by atoms with Crippen LogP contribution in [-0.4, -0.2) is 10.7 Å². The maximum absolute atomic E-state index is 9.58. The van der Waals surface area contributed by atoms with Gasteiger partial charge in [0, 0.05) is 0 Å². The van der Waals surface area contributed by atoms with Gasteiger partial charge >= 0.3 is 0 Å². The summed E-state index contributed by atoms with van der Waals surface area (Å²) in [4.78, 5) is 0. The predicted octanol–water partition coefficient (Wildman–Crippen LogP) is 3.53. The van der Waals surface area contributed by atoms with Gasteiger partial charge in [0.15, 0.2) is 0 Å². The lowest BCUT2D eigenvalue weighted by atomic mass is 9.91. The number of hydrogen-bond donors (Lipinski definition) is 1. The molecule has 0 aromatic carbocycles.